The molecule has 0 unspecified atom stereocenters. The minimum Gasteiger partial charge on any atom is -0.457 e. The first-order valence-corrected chi connectivity index (χ1v) is 8.08. The summed E-state index contributed by atoms with van der Waals surface area (Å²) < 4.78 is 5.87. The van der Waals surface area contributed by atoms with Gasteiger partial charge >= 0.3 is 0 Å². The third-order valence-corrected chi connectivity index (χ3v) is 3.88. The van der Waals surface area contributed by atoms with Gasteiger partial charge in [0.2, 0.25) is 11.8 Å². The largest absolute Gasteiger partial charge is 0.457 e. The van der Waals surface area contributed by atoms with Crippen molar-refractivity contribution in [3.05, 3.63) is 59.7 Å². The Hall–Kier alpha value is -2.82. The molecule has 0 aliphatic carbocycles. The average molecular weight is 324 g/mol. The molecule has 0 atom stereocenters. The molecule has 0 spiro atoms. The summed E-state index contributed by atoms with van der Waals surface area (Å²) in [5.74, 6) is 1.21. The second-order valence-corrected chi connectivity index (χ2v) is 5.77. The fourth-order valence-electron chi connectivity index (χ4n) is 2.56. The van der Waals surface area contributed by atoms with Gasteiger partial charge in [0.25, 0.3) is 0 Å². The molecule has 0 radical (unpaired) electrons. The van der Waals surface area contributed by atoms with E-state index < -0.39 is 0 Å². The molecule has 2 aliphatic rings. The number of hydrogen-bond acceptors (Lipinski definition) is 3. The van der Waals surface area contributed by atoms with Gasteiger partial charge in [0.15, 0.2) is 0 Å². The molecule has 0 saturated heterocycles. The van der Waals surface area contributed by atoms with Crippen LogP contribution in [0, 0.1) is 0 Å². The van der Waals surface area contributed by atoms with Crippen LogP contribution in [0.5, 0.6) is 11.5 Å². The summed E-state index contributed by atoms with van der Waals surface area (Å²) in [6.45, 7) is 0.552. The van der Waals surface area contributed by atoms with Gasteiger partial charge in [-0.15, -0.1) is 0 Å². The monoisotopic (exact) mass is 324 g/mol. The van der Waals surface area contributed by atoms with Gasteiger partial charge in [-0.1, -0.05) is 24.3 Å². The molecule has 24 heavy (non-hydrogen) atoms. The molecule has 0 saturated carbocycles. The molecule has 4 rings (SSSR count). The highest BCUT2D eigenvalue weighted by atomic mass is 16.5. The Morgan fingerprint density at radius 1 is 0.750 bits per heavy atom. The van der Waals surface area contributed by atoms with Crippen molar-refractivity contribution in [1.29, 1.82) is 0 Å². The van der Waals surface area contributed by atoms with E-state index in [4.69, 9.17) is 4.74 Å². The Bertz CT molecular complexity index is 726. The lowest BCUT2D eigenvalue weighted by atomic mass is 10.1. The van der Waals surface area contributed by atoms with E-state index in [0.717, 1.165) is 29.0 Å². The van der Waals surface area contributed by atoms with Crippen molar-refractivity contribution in [2.75, 3.05) is 13.1 Å². The number of benzene rings is 2. The predicted molar refractivity (Wildman–Crippen MR) is 91.0 cm³/mol. The van der Waals surface area contributed by atoms with Gasteiger partial charge in [0.05, 0.1) is 6.54 Å². The van der Waals surface area contributed by atoms with Crippen LogP contribution in [0.1, 0.15) is 17.5 Å². The number of hydrogen-bond donors (Lipinski definition) is 2. The summed E-state index contributed by atoms with van der Waals surface area (Å²) in [6.07, 6.45) is 1.67. The van der Waals surface area contributed by atoms with Crippen molar-refractivity contribution >= 4 is 11.8 Å². The number of fused-ring (bicyclic) bond motifs is 10. The standard InChI is InChI=1S/C19H20N2O3/c22-18-9-6-15-2-1-3-17(12-15)24-16-7-4-14(5-8-16)10-11-20-19(23)13-21-18/h1-5,7-8,12H,6,9-11,13H2,(H,20,23)(H,21,22). The van der Waals surface area contributed by atoms with Gasteiger partial charge in [0.1, 0.15) is 11.5 Å². The Kier molecular flexibility index (Phi) is 5.11. The molecule has 2 heterocycles. The Labute approximate surface area is 141 Å². The molecule has 2 aromatic rings. The SMILES string of the molecule is O=C1CCc2cccc(c2)Oc2ccc(cc2)CCNC(=O)CN1. The smallest absolute Gasteiger partial charge is 0.239 e. The van der Waals surface area contributed by atoms with E-state index in [9.17, 15) is 9.59 Å². The molecule has 2 aliphatic heterocycles. The molecule has 0 aromatic heterocycles. The summed E-state index contributed by atoms with van der Waals surface area (Å²) in [5, 5.41) is 5.45. The number of rotatable bonds is 0. The molecular formula is C19H20N2O3. The summed E-state index contributed by atoms with van der Waals surface area (Å²) in [6, 6.07) is 15.5. The second kappa shape index (κ2) is 7.64. The minimum absolute atomic E-state index is 0.0148. The lowest BCUT2D eigenvalue weighted by Crippen LogP contribution is -2.37. The maximum atomic E-state index is 11.8. The predicted octanol–water partition coefficient (Wildman–Crippen LogP) is 2.20. The highest BCUT2D eigenvalue weighted by Crippen LogP contribution is 2.23. The highest BCUT2D eigenvalue weighted by molar-refractivity contribution is 5.84. The van der Waals surface area contributed by atoms with Crippen LogP contribution >= 0.6 is 0 Å². The van der Waals surface area contributed by atoms with Crippen LogP contribution in [0.4, 0.5) is 0 Å². The third-order valence-electron chi connectivity index (χ3n) is 3.88. The first kappa shape index (κ1) is 16.1. The number of nitrogens with one attached hydrogen (secondary N) is 2. The summed E-state index contributed by atoms with van der Waals surface area (Å²) >= 11 is 0. The summed E-state index contributed by atoms with van der Waals surface area (Å²) in [5.41, 5.74) is 2.14. The Balaban J connectivity index is 1.79. The molecule has 2 amide bonds. The number of aryl methyl sites for hydroxylation is 1. The van der Waals surface area contributed by atoms with Crippen molar-refractivity contribution < 1.29 is 14.3 Å². The molecule has 2 aromatic carbocycles. The second-order valence-electron chi connectivity index (χ2n) is 5.77. The van der Waals surface area contributed by atoms with Gasteiger partial charge in [-0.2, -0.15) is 0 Å². The van der Waals surface area contributed by atoms with E-state index in [0.29, 0.717) is 19.4 Å². The first-order valence-electron chi connectivity index (χ1n) is 8.08. The maximum Gasteiger partial charge on any atom is 0.239 e. The van der Waals surface area contributed by atoms with Crippen LogP contribution in [0.3, 0.4) is 0 Å². The molecule has 5 nitrogen and oxygen atoms in total. The Morgan fingerprint density at radius 2 is 1.58 bits per heavy atom. The molecule has 4 bridgehead atoms. The third kappa shape index (κ3) is 4.59. The fraction of sp³-hybridized carbons (Fsp3) is 0.263. The number of carbonyl (C=O) groups is 2. The zero-order chi connectivity index (χ0) is 16.8. The highest BCUT2D eigenvalue weighted by Gasteiger charge is 2.07. The van der Waals surface area contributed by atoms with Crippen molar-refractivity contribution in [2.24, 2.45) is 0 Å². The zero-order valence-corrected chi connectivity index (χ0v) is 13.4. The van der Waals surface area contributed by atoms with Gasteiger partial charge in [-0.25, -0.2) is 0 Å². The number of carbonyl (C=O) groups excluding carboxylic acids is 2. The lowest BCUT2D eigenvalue weighted by molar-refractivity contribution is -0.126. The van der Waals surface area contributed by atoms with E-state index >= 15 is 0 Å². The normalized spacial score (nSPS) is 15.8. The van der Waals surface area contributed by atoms with E-state index in [2.05, 4.69) is 10.6 Å². The van der Waals surface area contributed by atoms with Crippen LogP contribution in [0.2, 0.25) is 0 Å². The van der Waals surface area contributed by atoms with Gasteiger partial charge < -0.3 is 15.4 Å². The molecule has 5 heteroatoms. The van der Waals surface area contributed by atoms with Crippen LogP contribution in [-0.2, 0) is 22.4 Å². The van der Waals surface area contributed by atoms with Crippen molar-refractivity contribution in [1.82, 2.24) is 10.6 Å². The first-order chi connectivity index (χ1) is 11.7. The van der Waals surface area contributed by atoms with Crippen molar-refractivity contribution in [3.63, 3.8) is 0 Å². The minimum atomic E-state index is -0.172. The summed E-state index contributed by atoms with van der Waals surface area (Å²) in [4.78, 5) is 23.6. The van der Waals surface area contributed by atoms with Crippen molar-refractivity contribution in [2.45, 2.75) is 19.3 Å². The zero-order valence-electron chi connectivity index (χ0n) is 13.4. The molecule has 124 valence electrons. The molecular weight excluding hydrogens is 304 g/mol. The van der Waals surface area contributed by atoms with Gasteiger partial charge in [-0.3, -0.25) is 9.59 Å². The Morgan fingerprint density at radius 3 is 2.42 bits per heavy atom. The average Bonchev–Trinajstić information content (AvgIpc) is 2.59. The van der Waals surface area contributed by atoms with Crippen LogP contribution < -0.4 is 15.4 Å². The maximum absolute atomic E-state index is 11.8. The molecule has 0 fully saturated rings. The van der Waals surface area contributed by atoms with Crippen LogP contribution in [0.25, 0.3) is 0 Å². The van der Waals surface area contributed by atoms with Gasteiger partial charge in [0, 0.05) is 13.0 Å². The summed E-state index contributed by atoms with van der Waals surface area (Å²) in [7, 11) is 0. The molecule has 2 N–H and O–H groups in total. The van der Waals surface area contributed by atoms with E-state index in [1.165, 1.54) is 0 Å². The van der Waals surface area contributed by atoms with E-state index in [-0.39, 0.29) is 18.4 Å². The topological polar surface area (TPSA) is 67.4 Å². The number of amides is 2. The quantitative estimate of drug-likeness (QED) is 0.781. The number of ether oxygens (including phenoxy) is 1. The lowest BCUT2D eigenvalue weighted by Gasteiger charge is -2.08. The fourth-order valence-corrected chi connectivity index (χ4v) is 2.56. The van der Waals surface area contributed by atoms with Crippen LogP contribution in [0.15, 0.2) is 48.5 Å². The van der Waals surface area contributed by atoms with Crippen molar-refractivity contribution in [3.8, 4) is 11.5 Å². The van der Waals surface area contributed by atoms with Crippen LogP contribution in [-0.4, -0.2) is 24.9 Å². The van der Waals surface area contributed by atoms with Gasteiger partial charge in [-0.05, 0) is 48.2 Å². The van der Waals surface area contributed by atoms with E-state index in [1.54, 1.807) is 0 Å². The van der Waals surface area contributed by atoms with E-state index in [1.807, 2.05) is 48.5 Å².